The molecule has 136 valence electrons. The number of aromatic nitrogens is 2. The van der Waals surface area contributed by atoms with E-state index in [0.717, 1.165) is 16.8 Å². The highest BCUT2D eigenvalue weighted by molar-refractivity contribution is 5.84. The van der Waals surface area contributed by atoms with Crippen molar-refractivity contribution in [3.63, 3.8) is 0 Å². The first-order valence-corrected chi connectivity index (χ1v) is 8.72. The Balaban J connectivity index is 1.62. The molecule has 4 aromatic rings. The van der Waals surface area contributed by atoms with Crippen molar-refractivity contribution in [3.8, 4) is 17.0 Å². The Bertz CT molecular complexity index is 1100. The van der Waals surface area contributed by atoms with Crippen molar-refractivity contribution in [2.75, 3.05) is 19.0 Å². The highest BCUT2D eigenvalue weighted by Crippen LogP contribution is 2.28. The molecule has 0 saturated heterocycles. The van der Waals surface area contributed by atoms with E-state index in [0.29, 0.717) is 16.5 Å². The average molecular weight is 361 g/mol. The standard InChI is InChI=1S/C22H20FN3O/c1-25(2)18-9-7-15(8-10-18)16-5-6-17(20(23)12-16)13-26-14-21-19(22(26)27)4-3-11-24-21/h3-12,14,27H,13H2,1-2H3. The highest BCUT2D eigenvalue weighted by Gasteiger charge is 2.12. The van der Waals surface area contributed by atoms with Gasteiger partial charge in [-0.3, -0.25) is 4.98 Å². The summed E-state index contributed by atoms with van der Waals surface area (Å²) >= 11 is 0. The van der Waals surface area contributed by atoms with Crippen molar-refractivity contribution in [2.24, 2.45) is 0 Å². The quantitative estimate of drug-likeness (QED) is 0.575. The monoisotopic (exact) mass is 361 g/mol. The van der Waals surface area contributed by atoms with E-state index in [4.69, 9.17) is 0 Å². The SMILES string of the molecule is CN(C)c1ccc(-c2ccc(Cn3cc4ncccc4c3O)c(F)c2)cc1. The van der Waals surface area contributed by atoms with Gasteiger partial charge in [-0.15, -0.1) is 0 Å². The van der Waals surface area contributed by atoms with Crippen LogP contribution in [0.25, 0.3) is 22.0 Å². The predicted octanol–water partition coefficient (Wildman–Crippen LogP) is 4.66. The summed E-state index contributed by atoms with van der Waals surface area (Å²) in [6, 6.07) is 16.8. The minimum atomic E-state index is -0.297. The predicted molar refractivity (Wildman–Crippen MR) is 107 cm³/mol. The molecule has 2 aromatic carbocycles. The van der Waals surface area contributed by atoms with Gasteiger partial charge in [0.05, 0.1) is 17.4 Å². The minimum Gasteiger partial charge on any atom is -0.494 e. The van der Waals surface area contributed by atoms with Crippen LogP contribution in [0, 0.1) is 5.82 Å². The third kappa shape index (κ3) is 3.24. The van der Waals surface area contributed by atoms with Gasteiger partial charge >= 0.3 is 0 Å². The number of rotatable bonds is 4. The summed E-state index contributed by atoms with van der Waals surface area (Å²) in [5.74, 6) is -0.199. The highest BCUT2D eigenvalue weighted by atomic mass is 19.1. The molecule has 1 N–H and O–H groups in total. The van der Waals surface area contributed by atoms with E-state index >= 15 is 0 Å². The van der Waals surface area contributed by atoms with Crippen molar-refractivity contribution in [1.29, 1.82) is 0 Å². The molecule has 0 bridgehead atoms. The van der Waals surface area contributed by atoms with E-state index in [9.17, 15) is 9.50 Å². The van der Waals surface area contributed by atoms with Gasteiger partial charge in [0, 0.05) is 37.7 Å². The molecule has 0 unspecified atom stereocenters. The maximum atomic E-state index is 14.7. The molecule has 4 nitrogen and oxygen atoms in total. The molecule has 0 spiro atoms. The summed E-state index contributed by atoms with van der Waals surface area (Å²) < 4.78 is 16.3. The number of hydrogen-bond acceptors (Lipinski definition) is 3. The number of pyridine rings is 1. The van der Waals surface area contributed by atoms with Crippen molar-refractivity contribution < 1.29 is 9.50 Å². The number of hydrogen-bond donors (Lipinski definition) is 1. The second-order valence-electron chi connectivity index (χ2n) is 6.76. The number of anilines is 1. The fourth-order valence-electron chi connectivity index (χ4n) is 3.18. The fraction of sp³-hybridized carbons (Fsp3) is 0.136. The summed E-state index contributed by atoms with van der Waals surface area (Å²) in [5, 5.41) is 11.0. The number of fused-ring (bicyclic) bond motifs is 1. The molecule has 4 rings (SSSR count). The topological polar surface area (TPSA) is 41.3 Å². The van der Waals surface area contributed by atoms with Crippen LogP contribution in [0.3, 0.4) is 0 Å². The number of aromatic hydroxyl groups is 1. The van der Waals surface area contributed by atoms with E-state index in [-0.39, 0.29) is 18.2 Å². The van der Waals surface area contributed by atoms with Crippen LogP contribution in [0.4, 0.5) is 10.1 Å². The van der Waals surface area contributed by atoms with Gasteiger partial charge in [-0.1, -0.05) is 24.3 Å². The zero-order valence-electron chi connectivity index (χ0n) is 15.2. The van der Waals surface area contributed by atoms with Gasteiger partial charge in [0.15, 0.2) is 0 Å². The number of benzene rings is 2. The summed E-state index contributed by atoms with van der Waals surface area (Å²) in [6.45, 7) is 0.244. The Labute approximate surface area is 157 Å². The Morgan fingerprint density at radius 2 is 1.78 bits per heavy atom. The van der Waals surface area contributed by atoms with Crippen molar-refractivity contribution >= 4 is 16.6 Å². The first kappa shape index (κ1) is 17.1. The molecule has 0 aliphatic carbocycles. The summed E-state index contributed by atoms with van der Waals surface area (Å²) in [6.07, 6.45) is 3.40. The van der Waals surface area contributed by atoms with Crippen LogP contribution in [-0.4, -0.2) is 28.8 Å². The van der Waals surface area contributed by atoms with Crippen LogP contribution in [0.1, 0.15) is 5.56 Å². The zero-order valence-corrected chi connectivity index (χ0v) is 15.2. The lowest BCUT2D eigenvalue weighted by Crippen LogP contribution is -2.07. The second kappa shape index (κ2) is 6.76. The van der Waals surface area contributed by atoms with Gasteiger partial charge in [0.25, 0.3) is 0 Å². The van der Waals surface area contributed by atoms with Crippen molar-refractivity contribution in [2.45, 2.75) is 6.54 Å². The maximum absolute atomic E-state index is 14.7. The smallest absolute Gasteiger partial charge is 0.201 e. The first-order valence-electron chi connectivity index (χ1n) is 8.72. The van der Waals surface area contributed by atoms with Gasteiger partial charge in [0.2, 0.25) is 5.88 Å². The Hall–Kier alpha value is -3.34. The van der Waals surface area contributed by atoms with Gasteiger partial charge in [-0.05, 0) is 41.5 Å². The Morgan fingerprint density at radius 3 is 2.44 bits per heavy atom. The molecule has 5 heteroatoms. The second-order valence-corrected chi connectivity index (χ2v) is 6.76. The summed E-state index contributed by atoms with van der Waals surface area (Å²) in [5.41, 5.74) is 4.08. The molecule has 0 atom stereocenters. The van der Waals surface area contributed by atoms with Crippen LogP contribution in [-0.2, 0) is 6.54 Å². The van der Waals surface area contributed by atoms with Gasteiger partial charge in [-0.25, -0.2) is 4.39 Å². The lowest BCUT2D eigenvalue weighted by Gasteiger charge is -2.13. The summed E-state index contributed by atoms with van der Waals surface area (Å²) in [7, 11) is 3.97. The van der Waals surface area contributed by atoms with E-state index in [1.807, 2.05) is 49.3 Å². The first-order chi connectivity index (χ1) is 13.0. The third-order valence-electron chi connectivity index (χ3n) is 4.74. The molecule has 2 heterocycles. The van der Waals surface area contributed by atoms with Gasteiger partial charge in [0.1, 0.15) is 5.82 Å². The largest absolute Gasteiger partial charge is 0.494 e. The van der Waals surface area contributed by atoms with Crippen LogP contribution in [0.5, 0.6) is 5.88 Å². The fourth-order valence-corrected chi connectivity index (χ4v) is 3.18. The van der Waals surface area contributed by atoms with Gasteiger partial charge in [-0.2, -0.15) is 0 Å². The van der Waals surface area contributed by atoms with Gasteiger partial charge < -0.3 is 14.6 Å². The molecule has 0 aliphatic heterocycles. The number of nitrogens with zero attached hydrogens (tertiary/aromatic N) is 3. The normalized spacial score (nSPS) is 11.1. The van der Waals surface area contributed by atoms with E-state index < -0.39 is 0 Å². The molecule has 27 heavy (non-hydrogen) atoms. The third-order valence-corrected chi connectivity index (χ3v) is 4.74. The van der Waals surface area contributed by atoms with Crippen LogP contribution >= 0.6 is 0 Å². The molecule has 2 aromatic heterocycles. The maximum Gasteiger partial charge on any atom is 0.201 e. The lowest BCUT2D eigenvalue weighted by atomic mass is 10.0. The van der Waals surface area contributed by atoms with E-state index in [1.54, 1.807) is 41.2 Å². The molecule has 0 aliphatic rings. The number of halogens is 1. The Kier molecular flexibility index (Phi) is 4.28. The van der Waals surface area contributed by atoms with Crippen molar-refractivity contribution in [1.82, 2.24) is 9.55 Å². The molecular formula is C22H20FN3O. The molecule has 0 radical (unpaired) electrons. The Morgan fingerprint density at radius 1 is 1.04 bits per heavy atom. The van der Waals surface area contributed by atoms with Crippen molar-refractivity contribution in [3.05, 3.63) is 78.4 Å². The molecular weight excluding hydrogens is 341 g/mol. The van der Waals surface area contributed by atoms with E-state index in [2.05, 4.69) is 4.98 Å². The average Bonchev–Trinajstić information content (AvgIpc) is 2.99. The van der Waals surface area contributed by atoms with Crippen LogP contribution in [0.15, 0.2) is 67.0 Å². The van der Waals surface area contributed by atoms with Crippen LogP contribution < -0.4 is 4.90 Å². The molecule has 0 saturated carbocycles. The minimum absolute atomic E-state index is 0.0980. The zero-order chi connectivity index (χ0) is 19.0. The van der Waals surface area contributed by atoms with Crippen LogP contribution in [0.2, 0.25) is 0 Å². The summed E-state index contributed by atoms with van der Waals surface area (Å²) in [4.78, 5) is 6.25. The lowest BCUT2D eigenvalue weighted by molar-refractivity contribution is 0.428. The van der Waals surface area contributed by atoms with E-state index in [1.165, 1.54) is 0 Å². The molecule has 0 amide bonds. The molecule has 0 fully saturated rings.